The number of nitrogens with zero attached hydrogens (tertiary/aromatic N) is 4. The molecule has 2 heterocycles. The van der Waals surface area contributed by atoms with Crippen LogP contribution >= 0.6 is 0 Å². The third-order valence-electron chi connectivity index (χ3n) is 4.20. The number of halogens is 1. The molecular formula is C20H21FN6O. The lowest BCUT2D eigenvalue weighted by atomic mass is 10.3. The summed E-state index contributed by atoms with van der Waals surface area (Å²) in [6, 6.07) is 14.0. The number of aromatic nitrogens is 4. The molecule has 4 rings (SSSR count). The summed E-state index contributed by atoms with van der Waals surface area (Å²) in [7, 11) is 4.02. The van der Waals surface area contributed by atoms with Gasteiger partial charge in [0, 0.05) is 12.2 Å². The largest absolute Gasteiger partial charge is 0.492 e. The molecule has 0 fully saturated rings. The molecule has 0 radical (unpaired) electrons. The standard InChI is InChI=1S/C20H21FN6O/c1-26(2)10-11-28-17-8-6-15(7-9-17)23-20-22-13-18-19(24-20)27(25-18)16-5-3-4-14(21)12-16/h3-9,12-13,25H,10-11H2,1-2H3,(H,22,23,24). The first-order valence-corrected chi connectivity index (χ1v) is 8.92. The van der Waals surface area contributed by atoms with Gasteiger partial charge in [0.2, 0.25) is 5.95 Å². The van der Waals surface area contributed by atoms with Crippen LogP contribution in [0.5, 0.6) is 5.75 Å². The molecule has 0 aliphatic carbocycles. The van der Waals surface area contributed by atoms with Crippen molar-refractivity contribution in [1.29, 1.82) is 0 Å². The van der Waals surface area contributed by atoms with Crippen LogP contribution < -0.4 is 10.1 Å². The molecule has 0 amide bonds. The number of nitrogens with one attached hydrogen (secondary N) is 2. The average Bonchev–Trinajstić information content (AvgIpc) is 2.65. The van der Waals surface area contributed by atoms with Gasteiger partial charge in [-0.1, -0.05) is 6.07 Å². The molecule has 0 bridgehead atoms. The van der Waals surface area contributed by atoms with E-state index >= 15 is 0 Å². The van der Waals surface area contributed by atoms with Gasteiger partial charge in [0.05, 0.1) is 11.9 Å². The summed E-state index contributed by atoms with van der Waals surface area (Å²) in [4.78, 5) is 10.9. The fourth-order valence-electron chi connectivity index (χ4n) is 2.71. The van der Waals surface area contributed by atoms with Gasteiger partial charge < -0.3 is 15.0 Å². The zero-order valence-corrected chi connectivity index (χ0v) is 15.7. The minimum atomic E-state index is -0.298. The molecule has 0 saturated heterocycles. The number of likely N-dealkylation sites (N-methyl/N-ethyl adjacent to an activating group) is 1. The van der Waals surface area contributed by atoms with Crippen LogP contribution in [0.2, 0.25) is 0 Å². The molecule has 2 N–H and O–H groups in total. The van der Waals surface area contributed by atoms with Crippen molar-refractivity contribution in [3.63, 3.8) is 0 Å². The Balaban J connectivity index is 1.47. The van der Waals surface area contributed by atoms with Crippen LogP contribution in [-0.2, 0) is 0 Å². The molecule has 0 saturated carbocycles. The van der Waals surface area contributed by atoms with Gasteiger partial charge in [0.1, 0.15) is 23.7 Å². The number of H-pyrrole nitrogens is 1. The van der Waals surface area contributed by atoms with Crippen LogP contribution in [0.3, 0.4) is 0 Å². The summed E-state index contributed by atoms with van der Waals surface area (Å²) in [6.07, 6.45) is 1.69. The number of hydrogen-bond acceptors (Lipinski definition) is 5. The number of aromatic amines is 1. The van der Waals surface area contributed by atoms with Gasteiger partial charge in [0.25, 0.3) is 0 Å². The van der Waals surface area contributed by atoms with Crippen LogP contribution in [0.4, 0.5) is 16.0 Å². The van der Waals surface area contributed by atoms with E-state index < -0.39 is 0 Å². The first-order valence-electron chi connectivity index (χ1n) is 8.92. The van der Waals surface area contributed by atoms with E-state index in [4.69, 9.17) is 4.74 Å². The van der Waals surface area contributed by atoms with Crippen molar-refractivity contribution in [2.24, 2.45) is 0 Å². The summed E-state index contributed by atoms with van der Waals surface area (Å²) in [6.45, 7) is 1.50. The maximum atomic E-state index is 13.5. The van der Waals surface area contributed by atoms with Gasteiger partial charge in [-0.25, -0.2) is 14.1 Å². The molecule has 0 atom stereocenters. The van der Waals surface area contributed by atoms with Crippen molar-refractivity contribution in [1.82, 2.24) is 24.6 Å². The van der Waals surface area contributed by atoms with E-state index in [0.29, 0.717) is 23.9 Å². The molecule has 4 aromatic rings. The van der Waals surface area contributed by atoms with Crippen molar-refractivity contribution >= 4 is 22.8 Å². The molecule has 2 aromatic heterocycles. The Morgan fingerprint density at radius 1 is 1.18 bits per heavy atom. The van der Waals surface area contributed by atoms with Crippen LogP contribution in [0.15, 0.2) is 54.7 Å². The average molecular weight is 380 g/mol. The highest BCUT2D eigenvalue weighted by Crippen LogP contribution is 2.22. The second-order valence-corrected chi connectivity index (χ2v) is 6.66. The van der Waals surface area contributed by atoms with Gasteiger partial charge in [-0.05, 0) is 56.6 Å². The monoisotopic (exact) mass is 380 g/mol. The van der Waals surface area contributed by atoms with Gasteiger partial charge >= 0.3 is 0 Å². The lowest BCUT2D eigenvalue weighted by Gasteiger charge is -2.16. The number of ether oxygens (including phenoxy) is 1. The second kappa shape index (κ2) is 7.69. The van der Waals surface area contributed by atoms with E-state index in [9.17, 15) is 4.39 Å². The Hall–Kier alpha value is -3.39. The minimum Gasteiger partial charge on any atom is -0.492 e. The smallest absolute Gasteiger partial charge is 0.229 e. The van der Waals surface area contributed by atoms with E-state index in [0.717, 1.165) is 23.5 Å². The van der Waals surface area contributed by atoms with E-state index in [1.54, 1.807) is 16.9 Å². The van der Waals surface area contributed by atoms with Crippen LogP contribution in [-0.4, -0.2) is 51.9 Å². The van der Waals surface area contributed by atoms with Crippen molar-refractivity contribution in [2.75, 3.05) is 32.6 Å². The highest BCUT2D eigenvalue weighted by molar-refractivity contribution is 5.76. The van der Waals surface area contributed by atoms with Crippen molar-refractivity contribution in [2.45, 2.75) is 0 Å². The number of anilines is 2. The molecule has 8 heteroatoms. The highest BCUT2D eigenvalue weighted by atomic mass is 19.1. The predicted molar refractivity (Wildman–Crippen MR) is 107 cm³/mol. The number of benzene rings is 2. The van der Waals surface area contributed by atoms with Crippen molar-refractivity contribution in [3.8, 4) is 11.4 Å². The number of fused-ring (bicyclic) bond motifs is 1. The molecule has 2 aromatic carbocycles. The first-order chi connectivity index (χ1) is 13.6. The van der Waals surface area contributed by atoms with Gasteiger partial charge in [-0.3, -0.25) is 5.10 Å². The van der Waals surface area contributed by atoms with Crippen LogP contribution in [0.1, 0.15) is 0 Å². The predicted octanol–water partition coefficient (Wildman–Crippen LogP) is 3.57. The Bertz CT molecular complexity index is 1070. The summed E-state index contributed by atoms with van der Waals surface area (Å²) in [5.74, 6) is 0.975. The van der Waals surface area contributed by atoms with E-state index in [1.165, 1.54) is 12.1 Å². The van der Waals surface area contributed by atoms with Gasteiger partial charge in [-0.15, -0.1) is 0 Å². The molecule has 0 unspecified atom stereocenters. The van der Waals surface area contributed by atoms with Crippen LogP contribution in [0, 0.1) is 5.82 Å². The third-order valence-corrected chi connectivity index (χ3v) is 4.20. The molecular weight excluding hydrogens is 359 g/mol. The molecule has 7 nitrogen and oxygen atoms in total. The zero-order valence-electron chi connectivity index (χ0n) is 15.7. The molecule has 144 valence electrons. The fourth-order valence-corrected chi connectivity index (χ4v) is 2.71. The molecule has 0 aliphatic heterocycles. The fraction of sp³-hybridized carbons (Fsp3) is 0.200. The first kappa shape index (κ1) is 18.0. The maximum Gasteiger partial charge on any atom is 0.229 e. The molecule has 0 aliphatic rings. The van der Waals surface area contributed by atoms with Gasteiger partial charge in [0.15, 0.2) is 5.65 Å². The van der Waals surface area contributed by atoms with Crippen molar-refractivity contribution in [3.05, 3.63) is 60.5 Å². The Kier molecular flexibility index (Phi) is 4.94. The molecule has 0 spiro atoms. The zero-order chi connectivity index (χ0) is 19.5. The quantitative estimate of drug-likeness (QED) is 0.513. The Morgan fingerprint density at radius 3 is 2.75 bits per heavy atom. The van der Waals surface area contributed by atoms with Gasteiger partial charge in [-0.2, -0.15) is 4.98 Å². The SMILES string of the molecule is CN(C)CCOc1ccc(Nc2ncc3[nH]n(-c4cccc(F)c4)c3n2)cc1. The Morgan fingerprint density at radius 2 is 2.00 bits per heavy atom. The lowest BCUT2D eigenvalue weighted by molar-refractivity contribution is 0.261. The van der Waals surface area contributed by atoms with E-state index in [1.807, 2.05) is 44.4 Å². The number of hydrogen-bond donors (Lipinski definition) is 2. The van der Waals surface area contributed by atoms with Crippen LogP contribution in [0.25, 0.3) is 16.9 Å². The minimum absolute atomic E-state index is 0.298. The Labute approximate surface area is 161 Å². The normalized spacial score (nSPS) is 11.3. The lowest BCUT2D eigenvalue weighted by Crippen LogP contribution is -2.19. The summed E-state index contributed by atoms with van der Waals surface area (Å²) in [5, 5.41) is 6.26. The topological polar surface area (TPSA) is 71.0 Å². The summed E-state index contributed by atoms with van der Waals surface area (Å²) < 4.78 is 20.9. The maximum absolute atomic E-state index is 13.5. The summed E-state index contributed by atoms with van der Waals surface area (Å²) in [5.41, 5.74) is 3.01. The number of rotatable bonds is 7. The highest BCUT2D eigenvalue weighted by Gasteiger charge is 2.11. The van der Waals surface area contributed by atoms with E-state index in [-0.39, 0.29) is 5.82 Å². The van der Waals surface area contributed by atoms with E-state index in [2.05, 4.69) is 25.3 Å². The molecule has 28 heavy (non-hydrogen) atoms. The third kappa shape index (κ3) is 3.96. The summed E-state index contributed by atoms with van der Waals surface area (Å²) >= 11 is 0. The van der Waals surface area contributed by atoms with Crippen molar-refractivity contribution < 1.29 is 9.13 Å². The second-order valence-electron chi connectivity index (χ2n) is 6.66.